The maximum absolute atomic E-state index is 12.2. The molecular formula is C15H20O3. The molecule has 0 saturated heterocycles. The molecule has 3 nitrogen and oxygen atoms in total. The Kier molecular flexibility index (Phi) is 4.37. The van der Waals surface area contributed by atoms with E-state index in [-0.39, 0.29) is 11.9 Å². The summed E-state index contributed by atoms with van der Waals surface area (Å²) in [6.07, 6.45) is 3.42. The molecule has 0 radical (unpaired) electrons. The Morgan fingerprint density at radius 1 is 1.50 bits per heavy atom. The third-order valence-corrected chi connectivity index (χ3v) is 3.41. The third kappa shape index (κ3) is 2.91. The molecule has 0 N–H and O–H groups in total. The van der Waals surface area contributed by atoms with Crippen molar-refractivity contribution in [2.45, 2.75) is 38.7 Å². The first-order chi connectivity index (χ1) is 8.72. The second kappa shape index (κ2) is 6.01. The van der Waals surface area contributed by atoms with Crippen LogP contribution in [0.1, 0.15) is 42.1 Å². The predicted molar refractivity (Wildman–Crippen MR) is 70.3 cm³/mol. The summed E-state index contributed by atoms with van der Waals surface area (Å²) in [4.78, 5) is 12.2. The van der Waals surface area contributed by atoms with Gasteiger partial charge in [-0.1, -0.05) is 12.1 Å². The van der Waals surface area contributed by atoms with Crippen LogP contribution in [0.15, 0.2) is 18.2 Å². The molecule has 0 amide bonds. The van der Waals surface area contributed by atoms with Gasteiger partial charge in [-0.25, -0.2) is 0 Å². The second-order valence-electron chi connectivity index (χ2n) is 4.75. The molecule has 3 heteroatoms. The number of aryl methyl sites for hydroxylation is 1. The quantitative estimate of drug-likeness (QED) is 0.751. The number of carbonyl (C=O) groups excluding carboxylic acids is 1. The summed E-state index contributed by atoms with van der Waals surface area (Å²) in [6.45, 7) is 2.69. The topological polar surface area (TPSA) is 35.5 Å². The molecule has 0 aliphatic carbocycles. The smallest absolute Gasteiger partial charge is 0.166 e. The van der Waals surface area contributed by atoms with Gasteiger partial charge in [-0.2, -0.15) is 0 Å². The van der Waals surface area contributed by atoms with E-state index in [0.29, 0.717) is 13.0 Å². The lowest BCUT2D eigenvalue weighted by atomic mass is 9.98. The van der Waals surface area contributed by atoms with Gasteiger partial charge in [0.1, 0.15) is 5.75 Å². The Morgan fingerprint density at radius 3 is 3.11 bits per heavy atom. The molecule has 0 saturated carbocycles. The molecule has 1 atom stereocenters. The van der Waals surface area contributed by atoms with Crippen molar-refractivity contribution < 1.29 is 14.3 Å². The molecule has 98 valence electrons. The first-order valence-corrected chi connectivity index (χ1v) is 6.53. The standard InChI is InChI=1S/C15H20O3/c1-11(17-2)8-9-14(16)13-7-3-5-12-6-4-10-18-15(12)13/h3,5,7,11H,4,6,8-10H2,1-2H3. The summed E-state index contributed by atoms with van der Waals surface area (Å²) < 4.78 is 10.8. The van der Waals surface area contributed by atoms with Crippen LogP contribution in [0.3, 0.4) is 0 Å². The highest BCUT2D eigenvalue weighted by atomic mass is 16.5. The number of ether oxygens (including phenoxy) is 2. The van der Waals surface area contributed by atoms with Gasteiger partial charge in [-0.05, 0) is 37.8 Å². The van der Waals surface area contributed by atoms with Gasteiger partial charge in [-0.3, -0.25) is 4.79 Å². The van der Waals surface area contributed by atoms with Gasteiger partial charge < -0.3 is 9.47 Å². The lowest BCUT2D eigenvalue weighted by Gasteiger charge is -2.20. The fourth-order valence-electron chi connectivity index (χ4n) is 2.20. The molecule has 2 rings (SSSR count). The lowest BCUT2D eigenvalue weighted by molar-refractivity contribution is 0.0874. The molecule has 1 aromatic carbocycles. The van der Waals surface area contributed by atoms with Crippen molar-refractivity contribution >= 4 is 5.78 Å². The number of hydrogen-bond acceptors (Lipinski definition) is 3. The first kappa shape index (κ1) is 13.1. The van der Waals surface area contributed by atoms with E-state index < -0.39 is 0 Å². The van der Waals surface area contributed by atoms with E-state index in [1.54, 1.807) is 7.11 Å². The van der Waals surface area contributed by atoms with Gasteiger partial charge in [0.15, 0.2) is 5.78 Å². The molecule has 1 heterocycles. The summed E-state index contributed by atoms with van der Waals surface area (Å²) in [6, 6.07) is 5.85. The molecule has 0 bridgehead atoms. The molecular weight excluding hydrogens is 228 g/mol. The highest BCUT2D eigenvalue weighted by Crippen LogP contribution is 2.30. The second-order valence-corrected chi connectivity index (χ2v) is 4.75. The summed E-state index contributed by atoms with van der Waals surface area (Å²) in [5.41, 5.74) is 1.89. The molecule has 1 unspecified atom stereocenters. The zero-order valence-corrected chi connectivity index (χ0v) is 11.1. The van der Waals surface area contributed by atoms with E-state index in [1.165, 1.54) is 0 Å². The Labute approximate surface area is 108 Å². The van der Waals surface area contributed by atoms with E-state index in [1.807, 2.05) is 25.1 Å². The zero-order chi connectivity index (χ0) is 13.0. The first-order valence-electron chi connectivity index (χ1n) is 6.53. The van der Waals surface area contributed by atoms with Crippen LogP contribution in [0.25, 0.3) is 0 Å². The van der Waals surface area contributed by atoms with E-state index in [4.69, 9.17) is 9.47 Å². The number of fused-ring (bicyclic) bond motifs is 1. The Morgan fingerprint density at radius 2 is 2.33 bits per heavy atom. The van der Waals surface area contributed by atoms with Gasteiger partial charge >= 0.3 is 0 Å². The lowest BCUT2D eigenvalue weighted by Crippen LogP contribution is -2.14. The van der Waals surface area contributed by atoms with Crippen LogP contribution in [-0.2, 0) is 11.2 Å². The minimum Gasteiger partial charge on any atom is -0.493 e. The average molecular weight is 248 g/mol. The van der Waals surface area contributed by atoms with Crippen molar-refractivity contribution in [3.63, 3.8) is 0 Å². The van der Waals surface area contributed by atoms with Gasteiger partial charge in [0.25, 0.3) is 0 Å². The summed E-state index contributed by atoms with van der Waals surface area (Å²) in [5.74, 6) is 0.955. The highest BCUT2D eigenvalue weighted by Gasteiger charge is 2.19. The number of methoxy groups -OCH3 is 1. The number of hydrogen-bond donors (Lipinski definition) is 0. The van der Waals surface area contributed by atoms with Gasteiger partial charge in [0, 0.05) is 13.5 Å². The van der Waals surface area contributed by atoms with E-state index in [9.17, 15) is 4.79 Å². The Bertz CT molecular complexity index is 426. The number of benzene rings is 1. The van der Waals surface area contributed by atoms with E-state index in [2.05, 4.69) is 0 Å². The Hall–Kier alpha value is -1.35. The minimum atomic E-state index is 0.120. The summed E-state index contributed by atoms with van der Waals surface area (Å²) in [5, 5.41) is 0. The zero-order valence-electron chi connectivity index (χ0n) is 11.1. The predicted octanol–water partition coefficient (Wildman–Crippen LogP) is 3.01. The van der Waals surface area contributed by atoms with Crippen molar-refractivity contribution in [1.29, 1.82) is 0 Å². The van der Waals surface area contributed by atoms with E-state index in [0.717, 1.165) is 36.1 Å². The summed E-state index contributed by atoms with van der Waals surface area (Å²) in [7, 11) is 1.67. The van der Waals surface area contributed by atoms with Crippen molar-refractivity contribution in [3.8, 4) is 5.75 Å². The SMILES string of the molecule is COC(C)CCC(=O)c1cccc2c1OCCC2. The van der Waals surface area contributed by atoms with Gasteiger partial charge in [-0.15, -0.1) is 0 Å². The van der Waals surface area contributed by atoms with Crippen molar-refractivity contribution in [2.24, 2.45) is 0 Å². The molecule has 0 aromatic heterocycles. The number of para-hydroxylation sites is 1. The van der Waals surface area contributed by atoms with Crippen LogP contribution >= 0.6 is 0 Å². The molecule has 1 aromatic rings. The molecule has 1 aliphatic heterocycles. The maximum atomic E-state index is 12.2. The van der Waals surface area contributed by atoms with E-state index >= 15 is 0 Å². The largest absolute Gasteiger partial charge is 0.493 e. The van der Waals surface area contributed by atoms with Crippen molar-refractivity contribution in [3.05, 3.63) is 29.3 Å². The number of carbonyl (C=O) groups is 1. The molecule has 0 fully saturated rings. The normalized spacial score (nSPS) is 15.7. The summed E-state index contributed by atoms with van der Waals surface area (Å²) >= 11 is 0. The minimum absolute atomic E-state index is 0.120. The molecule has 0 spiro atoms. The maximum Gasteiger partial charge on any atom is 0.166 e. The molecule has 18 heavy (non-hydrogen) atoms. The molecule has 1 aliphatic rings. The highest BCUT2D eigenvalue weighted by molar-refractivity contribution is 5.99. The monoisotopic (exact) mass is 248 g/mol. The van der Waals surface area contributed by atoms with Crippen molar-refractivity contribution in [1.82, 2.24) is 0 Å². The number of ketones is 1. The number of Topliss-reactive ketones (excluding diaryl/α,β-unsaturated/α-hetero) is 1. The van der Waals surface area contributed by atoms with Crippen LogP contribution in [-0.4, -0.2) is 25.6 Å². The third-order valence-electron chi connectivity index (χ3n) is 3.41. The van der Waals surface area contributed by atoms with Crippen LogP contribution in [0.4, 0.5) is 0 Å². The van der Waals surface area contributed by atoms with Crippen molar-refractivity contribution in [2.75, 3.05) is 13.7 Å². The van der Waals surface area contributed by atoms with Crippen LogP contribution in [0.5, 0.6) is 5.75 Å². The van der Waals surface area contributed by atoms with Crippen LogP contribution in [0.2, 0.25) is 0 Å². The van der Waals surface area contributed by atoms with Gasteiger partial charge in [0.05, 0.1) is 18.3 Å². The average Bonchev–Trinajstić information content (AvgIpc) is 2.43. The fraction of sp³-hybridized carbons (Fsp3) is 0.533. The number of rotatable bonds is 5. The van der Waals surface area contributed by atoms with Crippen LogP contribution < -0.4 is 4.74 Å². The Balaban J connectivity index is 2.10. The van der Waals surface area contributed by atoms with Crippen LogP contribution in [0, 0.1) is 0 Å². The fourth-order valence-corrected chi connectivity index (χ4v) is 2.20. The van der Waals surface area contributed by atoms with Gasteiger partial charge in [0.2, 0.25) is 0 Å².